The third-order valence-electron chi connectivity index (χ3n) is 2.76. The fourth-order valence-corrected chi connectivity index (χ4v) is 1.80. The average Bonchev–Trinajstić information content (AvgIpc) is 2.39. The minimum absolute atomic E-state index is 0.123. The first-order valence-corrected chi connectivity index (χ1v) is 5.71. The number of halogens is 1. The van der Waals surface area contributed by atoms with Crippen LogP contribution in [-0.2, 0) is 4.74 Å². The molecule has 19 heavy (non-hydrogen) atoms. The lowest BCUT2D eigenvalue weighted by molar-refractivity contribution is 0.0595. The highest BCUT2D eigenvalue weighted by Crippen LogP contribution is 2.24. The van der Waals surface area contributed by atoms with Crippen molar-refractivity contribution in [3.8, 4) is 0 Å². The Balaban J connectivity index is 3.52. The number of methoxy groups -OCH3 is 1. The summed E-state index contributed by atoms with van der Waals surface area (Å²) in [5.41, 5.74) is 7.43. The van der Waals surface area contributed by atoms with Crippen LogP contribution in [0.25, 0.3) is 5.57 Å². The molecular weight excluding hydrogens is 247 g/mol. The van der Waals surface area contributed by atoms with Crippen LogP contribution in [0, 0.1) is 5.82 Å². The summed E-state index contributed by atoms with van der Waals surface area (Å²) in [6.45, 7) is 3.39. The van der Waals surface area contributed by atoms with Crippen molar-refractivity contribution in [3.05, 3.63) is 40.8 Å². The van der Waals surface area contributed by atoms with Crippen molar-refractivity contribution < 1.29 is 13.9 Å². The lowest BCUT2D eigenvalue weighted by Gasteiger charge is -2.12. The molecule has 102 valence electrons. The van der Waals surface area contributed by atoms with E-state index in [-0.39, 0.29) is 11.1 Å². The van der Waals surface area contributed by atoms with Gasteiger partial charge in [-0.1, -0.05) is 12.1 Å². The van der Waals surface area contributed by atoms with Gasteiger partial charge >= 0.3 is 5.97 Å². The molecule has 5 heteroatoms. The Bertz CT molecular complexity index is 559. The number of esters is 1. The van der Waals surface area contributed by atoms with E-state index in [1.165, 1.54) is 13.2 Å². The lowest BCUT2D eigenvalue weighted by Crippen LogP contribution is -2.11. The van der Waals surface area contributed by atoms with Gasteiger partial charge in [-0.15, -0.1) is 0 Å². The summed E-state index contributed by atoms with van der Waals surface area (Å²) in [6.07, 6.45) is 0. The Kier molecular flexibility index (Phi) is 4.80. The van der Waals surface area contributed by atoms with Gasteiger partial charge in [-0.2, -0.15) is 0 Å². The van der Waals surface area contributed by atoms with Crippen LogP contribution in [0.2, 0.25) is 0 Å². The van der Waals surface area contributed by atoms with Crippen molar-refractivity contribution in [2.24, 2.45) is 10.7 Å². The van der Waals surface area contributed by atoms with Crippen LogP contribution in [0.1, 0.15) is 29.8 Å². The first kappa shape index (κ1) is 14.9. The Hall–Kier alpha value is -2.17. The number of allylic oxidation sites excluding steroid dienone is 2. The Morgan fingerprint density at radius 1 is 1.32 bits per heavy atom. The second kappa shape index (κ2) is 6.13. The van der Waals surface area contributed by atoms with Gasteiger partial charge in [0.15, 0.2) is 0 Å². The van der Waals surface area contributed by atoms with E-state index in [0.717, 1.165) is 0 Å². The van der Waals surface area contributed by atoms with Gasteiger partial charge in [-0.05, 0) is 19.9 Å². The number of nitrogens with two attached hydrogens (primary N) is 1. The van der Waals surface area contributed by atoms with E-state index in [1.807, 2.05) is 0 Å². The number of hydrogen-bond acceptors (Lipinski definition) is 4. The van der Waals surface area contributed by atoms with Gasteiger partial charge in [0.05, 0.1) is 12.7 Å². The number of carbonyl (C=O) groups excluding carboxylic acids is 1. The molecule has 0 saturated heterocycles. The van der Waals surface area contributed by atoms with E-state index >= 15 is 0 Å². The Labute approximate surface area is 111 Å². The highest BCUT2D eigenvalue weighted by Gasteiger charge is 2.19. The summed E-state index contributed by atoms with van der Waals surface area (Å²) >= 11 is 0. The smallest absolute Gasteiger partial charge is 0.340 e. The van der Waals surface area contributed by atoms with Crippen LogP contribution in [-0.4, -0.2) is 25.8 Å². The third kappa shape index (κ3) is 2.99. The SMILES string of the molecule is CN=C(C)/C(=C(/C)N)c1cccc(C(=O)OC)c1F. The van der Waals surface area contributed by atoms with Gasteiger partial charge in [-0.25, -0.2) is 9.18 Å². The van der Waals surface area contributed by atoms with E-state index in [2.05, 4.69) is 9.73 Å². The molecule has 0 amide bonds. The summed E-state index contributed by atoms with van der Waals surface area (Å²) in [5, 5.41) is 0. The lowest BCUT2D eigenvalue weighted by atomic mass is 9.97. The van der Waals surface area contributed by atoms with Crippen molar-refractivity contribution in [1.29, 1.82) is 0 Å². The van der Waals surface area contributed by atoms with Crippen molar-refractivity contribution in [3.63, 3.8) is 0 Å². The Morgan fingerprint density at radius 3 is 2.37 bits per heavy atom. The molecule has 0 spiro atoms. The number of hydrogen-bond donors (Lipinski definition) is 1. The highest BCUT2D eigenvalue weighted by molar-refractivity contribution is 6.23. The van der Waals surface area contributed by atoms with E-state index in [4.69, 9.17) is 5.73 Å². The summed E-state index contributed by atoms with van der Waals surface area (Å²) in [7, 11) is 2.80. The summed E-state index contributed by atoms with van der Waals surface area (Å²) < 4.78 is 18.9. The van der Waals surface area contributed by atoms with Gasteiger partial charge < -0.3 is 10.5 Å². The fourth-order valence-electron chi connectivity index (χ4n) is 1.80. The van der Waals surface area contributed by atoms with E-state index in [9.17, 15) is 9.18 Å². The molecule has 0 aliphatic heterocycles. The van der Waals surface area contributed by atoms with E-state index in [0.29, 0.717) is 17.0 Å². The van der Waals surface area contributed by atoms with Gasteiger partial charge in [-0.3, -0.25) is 4.99 Å². The maximum absolute atomic E-state index is 14.4. The summed E-state index contributed by atoms with van der Waals surface area (Å²) in [6, 6.07) is 4.51. The van der Waals surface area contributed by atoms with Gasteiger partial charge in [0.2, 0.25) is 0 Å². The van der Waals surface area contributed by atoms with Gasteiger partial charge in [0.1, 0.15) is 5.82 Å². The quantitative estimate of drug-likeness (QED) is 0.673. The standard InChI is InChI=1S/C14H17FN2O2/c1-8(16)12(9(2)17-3)10-6-5-7-11(13(10)15)14(18)19-4/h5-7H,16H2,1-4H3/b12-8+,17-9?. The van der Waals surface area contributed by atoms with Crippen LogP contribution in [0.4, 0.5) is 4.39 Å². The fraction of sp³-hybridized carbons (Fsp3) is 0.286. The molecule has 0 bridgehead atoms. The second-order valence-electron chi connectivity index (χ2n) is 4.03. The van der Waals surface area contributed by atoms with Crippen LogP contribution in [0.3, 0.4) is 0 Å². The number of benzene rings is 1. The number of nitrogens with zero attached hydrogens (tertiary/aromatic N) is 1. The minimum atomic E-state index is -0.723. The minimum Gasteiger partial charge on any atom is -0.465 e. The van der Waals surface area contributed by atoms with Crippen LogP contribution in [0.15, 0.2) is 28.9 Å². The van der Waals surface area contributed by atoms with E-state index in [1.54, 1.807) is 33.0 Å². The molecule has 1 rings (SSSR count). The molecule has 1 aromatic carbocycles. The average molecular weight is 264 g/mol. The van der Waals surface area contributed by atoms with Crippen LogP contribution >= 0.6 is 0 Å². The molecular formula is C14H17FN2O2. The number of aliphatic imine (C=N–C) groups is 1. The topological polar surface area (TPSA) is 64.7 Å². The molecule has 0 unspecified atom stereocenters. The third-order valence-corrected chi connectivity index (χ3v) is 2.76. The number of carbonyl (C=O) groups is 1. The van der Waals surface area contributed by atoms with Crippen molar-refractivity contribution >= 4 is 17.3 Å². The van der Waals surface area contributed by atoms with Gasteiger partial charge in [0, 0.05) is 29.6 Å². The van der Waals surface area contributed by atoms with Crippen LogP contribution < -0.4 is 5.73 Å². The zero-order chi connectivity index (χ0) is 14.6. The first-order valence-electron chi connectivity index (χ1n) is 5.71. The molecule has 0 saturated carbocycles. The molecule has 0 fully saturated rings. The van der Waals surface area contributed by atoms with Crippen molar-refractivity contribution in [2.75, 3.05) is 14.2 Å². The van der Waals surface area contributed by atoms with Crippen molar-refractivity contribution in [1.82, 2.24) is 0 Å². The molecule has 0 heterocycles. The molecule has 0 aliphatic carbocycles. The predicted molar refractivity (Wildman–Crippen MR) is 73.6 cm³/mol. The Morgan fingerprint density at radius 2 is 1.89 bits per heavy atom. The molecule has 1 aromatic rings. The second-order valence-corrected chi connectivity index (χ2v) is 4.03. The maximum Gasteiger partial charge on any atom is 0.340 e. The normalized spacial score (nSPS) is 13.0. The maximum atomic E-state index is 14.4. The zero-order valence-electron chi connectivity index (χ0n) is 11.5. The monoisotopic (exact) mass is 264 g/mol. The zero-order valence-corrected chi connectivity index (χ0v) is 11.5. The largest absolute Gasteiger partial charge is 0.465 e. The molecule has 0 radical (unpaired) electrons. The summed E-state index contributed by atoms with van der Waals surface area (Å²) in [5.74, 6) is -1.38. The summed E-state index contributed by atoms with van der Waals surface area (Å²) in [4.78, 5) is 15.5. The molecule has 0 aromatic heterocycles. The van der Waals surface area contributed by atoms with Crippen molar-refractivity contribution in [2.45, 2.75) is 13.8 Å². The predicted octanol–water partition coefficient (Wildman–Crippen LogP) is 2.39. The number of rotatable bonds is 3. The molecule has 0 atom stereocenters. The number of ether oxygens (including phenoxy) is 1. The molecule has 2 N–H and O–H groups in total. The molecule has 0 aliphatic rings. The van der Waals surface area contributed by atoms with E-state index < -0.39 is 11.8 Å². The first-order chi connectivity index (χ1) is 8.93. The highest BCUT2D eigenvalue weighted by atomic mass is 19.1. The molecule has 4 nitrogen and oxygen atoms in total. The van der Waals surface area contributed by atoms with Gasteiger partial charge in [0.25, 0.3) is 0 Å². The van der Waals surface area contributed by atoms with Crippen LogP contribution in [0.5, 0.6) is 0 Å².